The molecule has 1 aliphatic heterocycles. The topological polar surface area (TPSA) is 24.5 Å². The average molecular weight is 274 g/mol. The molecule has 3 nitrogen and oxygen atoms in total. The zero-order chi connectivity index (χ0) is 13.4. The second-order valence-electron chi connectivity index (χ2n) is 5.41. The summed E-state index contributed by atoms with van der Waals surface area (Å²) in [6.45, 7) is 7.68. The summed E-state index contributed by atoms with van der Waals surface area (Å²) >= 11 is 1.93. The van der Waals surface area contributed by atoms with Crippen LogP contribution >= 0.6 is 11.8 Å². The van der Waals surface area contributed by atoms with Crippen LogP contribution in [-0.2, 0) is 4.74 Å². The van der Waals surface area contributed by atoms with Gasteiger partial charge in [-0.2, -0.15) is 11.8 Å². The summed E-state index contributed by atoms with van der Waals surface area (Å²) in [5.74, 6) is 1.26. The van der Waals surface area contributed by atoms with Crippen molar-refractivity contribution in [3.05, 3.63) is 0 Å². The van der Waals surface area contributed by atoms with Gasteiger partial charge in [0.1, 0.15) is 0 Å². The van der Waals surface area contributed by atoms with Gasteiger partial charge in [-0.15, -0.1) is 0 Å². The van der Waals surface area contributed by atoms with Gasteiger partial charge in [0.05, 0.1) is 6.10 Å². The molecule has 4 heteroatoms. The Morgan fingerprint density at radius 3 is 2.83 bits per heavy atom. The Labute approximate surface area is 117 Å². The third-order valence-corrected chi connectivity index (χ3v) is 4.59. The van der Waals surface area contributed by atoms with E-state index in [1.807, 2.05) is 11.8 Å². The molecule has 1 saturated heterocycles. The van der Waals surface area contributed by atoms with Crippen molar-refractivity contribution in [2.45, 2.75) is 51.3 Å². The van der Waals surface area contributed by atoms with Crippen molar-refractivity contribution in [3.63, 3.8) is 0 Å². The smallest absolute Gasteiger partial charge is 0.0726 e. The van der Waals surface area contributed by atoms with Crippen LogP contribution in [0.25, 0.3) is 0 Å². The minimum absolute atomic E-state index is 0.434. The summed E-state index contributed by atoms with van der Waals surface area (Å²) in [7, 11) is 2.23. The van der Waals surface area contributed by atoms with E-state index in [0.29, 0.717) is 18.2 Å². The van der Waals surface area contributed by atoms with Crippen LogP contribution in [0.1, 0.15) is 33.1 Å². The van der Waals surface area contributed by atoms with Crippen LogP contribution in [0.2, 0.25) is 0 Å². The number of ether oxygens (including phenoxy) is 1. The zero-order valence-corrected chi connectivity index (χ0v) is 13.3. The third-order valence-electron chi connectivity index (χ3n) is 3.95. The number of nitrogens with zero attached hydrogens (tertiary/aromatic N) is 1. The highest BCUT2D eigenvalue weighted by Crippen LogP contribution is 2.15. The number of hydrogen-bond acceptors (Lipinski definition) is 4. The van der Waals surface area contributed by atoms with Crippen molar-refractivity contribution >= 4 is 11.8 Å². The predicted octanol–water partition coefficient (Wildman–Crippen LogP) is 2.22. The Bertz CT molecular complexity index is 210. The van der Waals surface area contributed by atoms with Gasteiger partial charge in [-0.3, -0.25) is 0 Å². The molecule has 0 spiro atoms. The van der Waals surface area contributed by atoms with Crippen LogP contribution in [0.3, 0.4) is 0 Å². The lowest BCUT2D eigenvalue weighted by molar-refractivity contribution is 0.0825. The third kappa shape index (κ3) is 5.91. The molecule has 3 atom stereocenters. The number of likely N-dealkylation sites (N-methyl/N-ethyl adjacent to an activating group) is 1. The van der Waals surface area contributed by atoms with Gasteiger partial charge in [-0.05, 0) is 52.2 Å². The molecule has 1 rings (SSSR count). The Hall–Kier alpha value is 0.230. The molecule has 0 amide bonds. The van der Waals surface area contributed by atoms with E-state index in [4.69, 9.17) is 4.74 Å². The Morgan fingerprint density at radius 2 is 2.22 bits per heavy atom. The fraction of sp³-hybridized carbons (Fsp3) is 1.00. The molecule has 0 saturated carbocycles. The zero-order valence-electron chi connectivity index (χ0n) is 12.4. The van der Waals surface area contributed by atoms with E-state index in [9.17, 15) is 0 Å². The van der Waals surface area contributed by atoms with Gasteiger partial charge in [0.15, 0.2) is 0 Å². The molecule has 3 unspecified atom stereocenters. The first-order valence-electron chi connectivity index (χ1n) is 7.19. The monoisotopic (exact) mass is 274 g/mol. The fourth-order valence-electron chi connectivity index (χ4n) is 2.33. The fourth-order valence-corrected chi connectivity index (χ4v) is 2.90. The first kappa shape index (κ1) is 16.3. The van der Waals surface area contributed by atoms with Gasteiger partial charge in [0.2, 0.25) is 0 Å². The maximum Gasteiger partial charge on any atom is 0.0726 e. The molecule has 1 fully saturated rings. The van der Waals surface area contributed by atoms with Crippen LogP contribution in [0.15, 0.2) is 0 Å². The van der Waals surface area contributed by atoms with Crippen molar-refractivity contribution in [2.75, 3.05) is 38.8 Å². The van der Waals surface area contributed by atoms with E-state index in [1.165, 1.54) is 25.0 Å². The SMILES string of the molecule is CSCCC(C)N(C)CCNC(C)C1CCCO1. The van der Waals surface area contributed by atoms with E-state index in [2.05, 4.69) is 37.4 Å². The minimum Gasteiger partial charge on any atom is -0.377 e. The Kier molecular flexibility index (Phi) is 8.31. The summed E-state index contributed by atoms with van der Waals surface area (Å²) in [5.41, 5.74) is 0. The number of rotatable bonds is 9. The highest BCUT2D eigenvalue weighted by atomic mass is 32.2. The lowest BCUT2D eigenvalue weighted by Gasteiger charge is -2.26. The summed E-state index contributed by atoms with van der Waals surface area (Å²) in [6.07, 6.45) is 6.33. The number of nitrogens with one attached hydrogen (secondary N) is 1. The normalized spacial score (nSPS) is 23.5. The second kappa shape index (κ2) is 9.18. The van der Waals surface area contributed by atoms with Crippen molar-refractivity contribution in [3.8, 4) is 0 Å². The van der Waals surface area contributed by atoms with E-state index in [-0.39, 0.29) is 0 Å². The Morgan fingerprint density at radius 1 is 1.44 bits per heavy atom. The molecule has 0 aliphatic carbocycles. The molecule has 18 heavy (non-hydrogen) atoms. The van der Waals surface area contributed by atoms with Gasteiger partial charge < -0.3 is 15.0 Å². The van der Waals surface area contributed by atoms with Gasteiger partial charge in [-0.1, -0.05) is 0 Å². The van der Waals surface area contributed by atoms with E-state index in [0.717, 1.165) is 19.7 Å². The molecule has 0 radical (unpaired) electrons. The summed E-state index contributed by atoms with van der Waals surface area (Å²) in [5, 5.41) is 3.59. The van der Waals surface area contributed by atoms with Crippen molar-refractivity contribution in [2.24, 2.45) is 0 Å². The highest BCUT2D eigenvalue weighted by molar-refractivity contribution is 7.98. The molecule has 0 aromatic rings. The molecule has 0 aromatic carbocycles. The van der Waals surface area contributed by atoms with Crippen molar-refractivity contribution in [1.82, 2.24) is 10.2 Å². The number of thioether (sulfide) groups is 1. The minimum atomic E-state index is 0.434. The summed E-state index contributed by atoms with van der Waals surface area (Å²) < 4.78 is 5.69. The Balaban J connectivity index is 2.08. The van der Waals surface area contributed by atoms with Gasteiger partial charge in [0, 0.05) is 31.8 Å². The first-order valence-corrected chi connectivity index (χ1v) is 8.58. The standard InChI is InChI=1S/C14H30N2OS/c1-12(7-11-18-4)16(3)9-8-15-13(2)14-6-5-10-17-14/h12-15H,5-11H2,1-4H3. The summed E-state index contributed by atoms with van der Waals surface area (Å²) in [4.78, 5) is 2.45. The van der Waals surface area contributed by atoms with Crippen LogP contribution < -0.4 is 5.32 Å². The molecular formula is C14H30N2OS. The first-order chi connectivity index (χ1) is 8.65. The second-order valence-corrected chi connectivity index (χ2v) is 6.39. The van der Waals surface area contributed by atoms with Crippen molar-refractivity contribution in [1.29, 1.82) is 0 Å². The van der Waals surface area contributed by atoms with Crippen LogP contribution in [0.5, 0.6) is 0 Å². The molecule has 1 aliphatic rings. The molecule has 108 valence electrons. The molecule has 0 bridgehead atoms. The van der Waals surface area contributed by atoms with Crippen LogP contribution in [-0.4, -0.2) is 61.8 Å². The summed E-state index contributed by atoms with van der Waals surface area (Å²) in [6, 6.07) is 1.17. The molecule has 1 N–H and O–H groups in total. The lowest BCUT2D eigenvalue weighted by atomic mass is 10.1. The number of hydrogen-bond donors (Lipinski definition) is 1. The quantitative estimate of drug-likeness (QED) is 0.697. The van der Waals surface area contributed by atoms with Gasteiger partial charge in [-0.25, -0.2) is 0 Å². The maximum absolute atomic E-state index is 5.69. The molecular weight excluding hydrogens is 244 g/mol. The average Bonchev–Trinajstić information content (AvgIpc) is 2.89. The molecule has 0 aromatic heterocycles. The van der Waals surface area contributed by atoms with Crippen LogP contribution in [0.4, 0.5) is 0 Å². The maximum atomic E-state index is 5.69. The van der Waals surface area contributed by atoms with Crippen LogP contribution in [0, 0.1) is 0 Å². The highest BCUT2D eigenvalue weighted by Gasteiger charge is 2.21. The van der Waals surface area contributed by atoms with Crippen molar-refractivity contribution < 1.29 is 4.74 Å². The van der Waals surface area contributed by atoms with E-state index >= 15 is 0 Å². The van der Waals surface area contributed by atoms with E-state index < -0.39 is 0 Å². The largest absolute Gasteiger partial charge is 0.377 e. The lowest BCUT2D eigenvalue weighted by Crippen LogP contribution is -2.42. The predicted molar refractivity (Wildman–Crippen MR) is 81.5 cm³/mol. The van der Waals surface area contributed by atoms with E-state index in [1.54, 1.807) is 0 Å². The molecule has 1 heterocycles. The van der Waals surface area contributed by atoms with Gasteiger partial charge >= 0.3 is 0 Å². The van der Waals surface area contributed by atoms with Gasteiger partial charge in [0.25, 0.3) is 0 Å².